The number of Topliss-reactive ketones (excluding diaryl/α,β-unsaturated/α-hetero) is 1. The van der Waals surface area contributed by atoms with Crippen molar-refractivity contribution in [1.82, 2.24) is 4.57 Å². The first-order valence-corrected chi connectivity index (χ1v) is 7.25. The number of ether oxygens (including phenoxy) is 1. The number of hydrogen-bond acceptors (Lipinski definition) is 3. The summed E-state index contributed by atoms with van der Waals surface area (Å²) in [5, 5.41) is 1.04. The highest BCUT2D eigenvalue weighted by molar-refractivity contribution is 7.98. The number of thioether (sulfide) groups is 1. The zero-order valence-electron chi connectivity index (χ0n) is 10.5. The monoisotopic (exact) mass is 261 g/mol. The van der Waals surface area contributed by atoms with Crippen molar-refractivity contribution in [2.45, 2.75) is 24.3 Å². The summed E-state index contributed by atoms with van der Waals surface area (Å²) in [6.45, 7) is 0.922. The molecule has 94 valence electrons. The average molecular weight is 261 g/mol. The van der Waals surface area contributed by atoms with Gasteiger partial charge in [0, 0.05) is 23.2 Å². The molecule has 0 N–H and O–H groups in total. The molecule has 3 nitrogen and oxygen atoms in total. The van der Waals surface area contributed by atoms with Gasteiger partial charge in [-0.05, 0) is 30.9 Å². The van der Waals surface area contributed by atoms with Gasteiger partial charge in [0.25, 0.3) is 0 Å². The van der Waals surface area contributed by atoms with Crippen LogP contribution in [0.1, 0.15) is 23.3 Å². The van der Waals surface area contributed by atoms with Crippen LogP contribution in [-0.4, -0.2) is 23.7 Å². The van der Waals surface area contributed by atoms with Crippen molar-refractivity contribution >= 4 is 28.4 Å². The van der Waals surface area contributed by atoms with Gasteiger partial charge in [-0.15, -0.1) is 11.8 Å². The molecular weight excluding hydrogens is 246 g/mol. The van der Waals surface area contributed by atoms with Crippen LogP contribution in [0, 0.1) is 0 Å². The third-order valence-corrected chi connectivity index (χ3v) is 4.19. The molecule has 2 heterocycles. The number of rotatable bonds is 2. The van der Waals surface area contributed by atoms with E-state index in [0.29, 0.717) is 6.42 Å². The maximum absolute atomic E-state index is 11.9. The molecule has 0 spiro atoms. The number of aryl methyl sites for hydroxylation is 1. The Balaban J connectivity index is 2.33. The quantitative estimate of drug-likeness (QED) is 0.777. The number of hydrogen-bond donors (Lipinski definition) is 0. The van der Waals surface area contributed by atoms with E-state index in [1.54, 1.807) is 18.9 Å². The summed E-state index contributed by atoms with van der Waals surface area (Å²) >= 11 is 1.69. The fourth-order valence-electron chi connectivity index (χ4n) is 2.58. The van der Waals surface area contributed by atoms with Gasteiger partial charge in [-0.1, -0.05) is 0 Å². The predicted molar refractivity (Wildman–Crippen MR) is 73.8 cm³/mol. The molecule has 4 heteroatoms. The molecule has 3 rings (SSSR count). The first-order chi connectivity index (χ1) is 8.74. The van der Waals surface area contributed by atoms with Crippen molar-refractivity contribution in [3.63, 3.8) is 0 Å². The van der Waals surface area contributed by atoms with Crippen molar-refractivity contribution in [2.75, 3.05) is 13.4 Å². The van der Waals surface area contributed by atoms with E-state index in [1.807, 2.05) is 18.4 Å². The Hall–Kier alpha value is -1.42. The molecule has 1 aromatic carbocycles. The topological polar surface area (TPSA) is 31.2 Å². The normalized spacial score (nSPS) is 14.9. The largest absolute Gasteiger partial charge is 0.496 e. The van der Waals surface area contributed by atoms with Crippen LogP contribution in [0.5, 0.6) is 5.75 Å². The number of fused-ring (bicyclic) bond motifs is 3. The van der Waals surface area contributed by atoms with Gasteiger partial charge in [-0.2, -0.15) is 0 Å². The maximum Gasteiger partial charge on any atom is 0.179 e. The van der Waals surface area contributed by atoms with E-state index in [-0.39, 0.29) is 5.78 Å². The van der Waals surface area contributed by atoms with E-state index < -0.39 is 0 Å². The van der Waals surface area contributed by atoms with E-state index in [1.165, 1.54) is 4.90 Å². The number of benzene rings is 1. The van der Waals surface area contributed by atoms with Crippen molar-refractivity contribution < 1.29 is 9.53 Å². The van der Waals surface area contributed by atoms with Gasteiger partial charge in [0.05, 0.1) is 18.3 Å². The van der Waals surface area contributed by atoms with Crippen LogP contribution < -0.4 is 4.74 Å². The molecule has 0 bridgehead atoms. The molecule has 0 atom stereocenters. The van der Waals surface area contributed by atoms with E-state index >= 15 is 0 Å². The maximum atomic E-state index is 11.9. The highest BCUT2D eigenvalue weighted by Gasteiger charge is 2.21. The summed E-state index contributed by atoms with van der Waals surface area (Å²) in [6, 6.07) is 6.15. The van der Waals surface area contributed by atoms with E-state index in [2.05, 4.69) is 10.6 Å². The Morgan fingerprint density at radius 3 is 2.89 bits per heavy atom. The zero-order chi connectivity index (χ0) is 12.7. The van der Waals surface area contributed by atoms with Crippen molar-refractivity contribution in [3.05, 3.63) is 23.9 Å². The number of aromatic nitrogens is 1. The molecular formula is C14H15NO2S. The second-order valence-corrected chi connectivity index (χ2v) is 5.35. The summed E-state index contributed by atoms with van der Waals surface area (Å²) in [4.78, 5) is 13.1. The van der Waals surface area contributed by atoms with E-state index in [9.17, 15) is 4.79 Å². The Bertz CT molecular complexity index is 630. The van der Waals surface area contributed by atoms with E-state index in [0.717, 1.165) is 35.3 Å². The Labute approximate surface area is 110 Å². The first-order valence-electron chi connectivity index (χ1n) is 6.03. The number of methoxy groups -OCH3 is 1. The van der Waals surface area contributed by atoms with Crippen molar-refractivity contribution in [2.24, 2.45) is 0 Å². The van der Waals surface area contributed by atoms with Crippen LogP contribution in [-0.2, 0) is 6.54 Å². The lowest BCUT2D eigenvalue weighted by atomic mass is 10.1. The van der Waals surface area contributed by atoms with Gasteiger partial charge < -0.3 is 9.30 Å². The van der Waals surface area contributed by atoms with Crippen LogP contribution >= 0.6 is 11.8 Å². The summed E-state index contributed by atoms with van der Waals surface area (Å²) in [7, 11) is 1.68. The minimum atomic E-state index is 0.241. The lowest BCUT2D eigenvalue weighted by Gasteiger charge is -2.15. The smallest absolute Gasteiger partial charge is 0.179 e. The number of ketones is 1. The average Bonchev–Trinajstić information content (AvgIpc) is 2.78. The highest BCUT2D eigenvalue weighted by atomic mass is 32.2. The number of carbonyl (C=O) groups excluding carboxylic acids is 1. The second-order valence-electron chi connectivity index (χ2n) is 4.47. The number of carbonyl (C=O) groups is 1. The minimum absolute atomic E-state index is 0.241. The molecule has 0 amide bonds. The molecule has 2 aromatic rings. The zero-order valence-corrected chi connectivity index (χ0v) is 11.3. The van der Waals surface area contributed by atoms with Crippen LogP contribution in [0.25, 0.3) is 10.9 Å². The SMILES string of the molecule is COc1cc(SC)cc2c1cc1n2CCCC1=O. The fourth-order valence-corrected chi connectivity index (χ4v) is 3.04. The summed E-state index contributed by atoms with van der Waals surface area (Å²) in [6.07, 6.45) is 3.64. The molecule has 1 aliphatic rings. The molecule has 1 aliphatic heterocycles. The van der Waals surface area contributed by atoms with Gasteiger partial charge in [0.15, 0.2) is 5.78 Å². The Kier molecular flexibility index (Phi) is 2.82. The summed E-state index contributed by atoms with van der Waals surface area (Å²) < 4.78 is 7.57. The van der Waals surface area contributed by atoms with Gasteiger partial charge >= 0.3 is 0 Å². The lowest BCUT2D eigenvalue weighted by Crippen LogP contribution is -2.15. The van der Waals surface area contributed by atoms with Crippen LogP contribution in [0.3, 0.4) is 0 Å². The van der Waals surface area contributed by atoms with Crippen molar-refractivity contribution in [1.29, 1.82) is 0 Å². The van der Waals surface area contributed by atoms with Crippen LogP contribution in [0.4, 0.5) is 0 Å². The second kappa shape index (κ2) is 4.35. The van der Waals surface area contributed by atoms with Gasteiger partial charge in [0.2, 0.25) is 0 Å². The van der Waals surface area contributed by atoms with Crippen LogP contribution in [0.15, 0.2) is 23.1 Å². The molecule has 0 saturated heterocycles. The summed E-state index contributed by atoms with van der Waals surface area (Å²) in [5.74, 6) is 1.09. The molecule has 0 aliphatic carbocycles. The molecule has 18 heavy (non-hydrogen) atoms. The van der Waals surface area contributed by atoms with Gasteiger partial charge in [-0.3, -0.25) is 4.79 Å². The molecule has 0 unspecified atom stereocenters. The molecule has 0 saturated carbocycles. The highest BCUT2D eigenvalue weighted by Crippen LogP contribution is 2.35. The Morgan fingerprint density at radius 1 is 1.33 bits per heavy atom. The fraction of sp³-hybridized carbons (Fsp3) is 0.357. The van der Waals surface area contributed by atoms with Gasteiger partial charge in [0.1, 0.15) is 5.75 Å². The van der Waals surface area contributed by atoms with E-state index in [4.69, 9.17) is 4.74 Å². The standard InChI is InChI=1S/C14H15NO2S/c1-17-14-7-9(18-2)6-11-10(14)8-12-13(16)4-3-5-15(11)12/h6-8H,3-5H2,1-2H3. The third-order valence-electron chi connectivity index (χ3n) is 3.48. The minimum Gasteiger partial charge on any atom is -0.496 e. The molecule has 0 fully saturated rings. The third kappa shape index (κ3) is 1.63. The Morgan fingerprint density at radius 2 is 2.17 bits per heavy atom. The summed E-state index contributed by atoms with van der Waals surface area (Å²) in [5.41, 5.74) is 1.94. The molecule has 0 radical (unpaired) electrons. The van der Waals surface area contributed by atoms with Gasteiger partial charge in [-0.25, -0.2) is 0 Å². The van der Waals surface area contributed by atoms with Crippen molar-refractivity contribution in [3.8, 4) is 5.75 Å². The number of nitrogens with zero attached hydrogens (tertiary/aromatic N) is 1. The lowest BCUT2D eigenvalue weighted by molar-refractivity contribution is 0.0956. The molecule has 1 aromatic heterocycles. The van der Waals surface area contributed by atoms with Crippen LogP contribution in [0.2, 0.25) is 0 Å². The predicted octanol–water partition coefficient (Wildman–Crippen LogP) is 3.35. The first kappa shape index (κ1) is 11.7.